The zero-order valence-corrected chi connectivity index (χ0v) is 14.5. The summed E-state index contributed by atoms with van der Waals surface area (Å²) in [5.74, 6) is -1.13. The third-order valence-corrected chi connectivity index (χ3v) is 3.37. The molecule has 0 bridgehead atoms. The van der Waals surface area contributed by atoms with E-state index in [2.05, 4.69) is 5.32 Å². The number of ether oxygens (including phenoxy) is 2. The number of carbonyl (C=O) groups excluding carboxylic acids is 3. The number of hydrogen-bond acceptors (Lipinski definition) is 5. The van der Waals surface area contributed by atoms with Crippen LogP contribution in [0.25, 0.3) is 0 Å². The molecule has 0 unspecified atom stereocenters. The van der Waals surface area contributed by atoms with Gasteiger partial charge in [0.1, 0.15) is 12.2 Å². The standard InChI is InChI=1S/C19H20N2O5/c1-2-25-17(22)14-21-11-6-9-16(13-21)18(23)20-10-12-26-19(24)15-7-4-3-5-8-15/h3-9,11,13H,2,10,12,14H2,1H3/p+1. The third kappa shape index (κ3) is 6.01. The second kappa shape index (κ2) is 9.93. The van der Waals surface area contributed by atoms with Gasteiger partial charge in [0.2, 0.25) is 6.54 Å². The maximum atomic E-state index is 12.1. The Balaban J connectivity index is 1.79. The zero-order valence-electron chi connectivity index (χ0n) is 14.5. The predicted molar refractivity (Wildman–Crippen MR) is 92.3 cm³/mol. The second-order valence-electron chi connectivity index (χ2n) is 5.33. The van der Waals surface area contributed by atoms with Crippen LogP contribution in [-0.2, 0) is 20.8 Å². The van der Waals surface area contributed by atoms with Crippen LogP contribution in [0.2, 0.25) is 0 Å². The summed E-state index contributed by atoms with van der Waals surface area (Å²) in [6, 6.07) is 11.9. The summed E-state index contributed by atoms with van der Waals surface area (Å²) in [4.78, 5) is 35.4. The monoisotopic (exact) mass is 357 g/mol. The van der Waals surface area contributed by atoms with E-state index in [-0.39, 0.29) is 31.6 Å². The number of benzene rings is 1. The number of nitrogens with one attached hydrogen (secondary N) is 1. The lowest BCUT2D eigenvalue weighted by molar-refractivity contribution is -0.686. The summed E-state index contributed by atoms with van der Waals surface area (Å²) >= 11 is 0. The van der Waals surface area contributed by atoms with Crippen LogP contribution in [0.4, 0.5) is 0 Å². The molecule has 1 aromatic heterocycles. The first-order valence-corrected chi connectivity index (χ1v) is 8.25. The molecular formula is C19H21N2O5+. The molecule has 0 spiro atoms. The molecule has 0 aliphatic heterocycles. The highest BCUT2D eigenvalue weighted by atomic mass is 16.5. The fourth-order valence-corrected chi connectivity index (χ4v) is 2.18. The first-order valence-electron chi connectivity index (χ1n) is 8.25. The van der Waals surface area contributed by atoms with E-state index in [0.29, 0.717) is 17.7 Å². The predicted octanol–water partition coefficient (Wildman–Crippen LogP) is 1.12. The number of hydrogen-bond donors (Lipinski definition) is 1. The Morgan fingerprint density at radius 3 is 2.46 bits per heavy atom. The normalized spacial score (nSPS) is 10.0. The molecule has 7 nitrogen and oxygen atoms in total. The maximum Gasteiger partial charge on any atom is 0.372 e. The van der Waals surface area contributed by atoms with Gasteiger partial charge in [0.05, 0.1) is 18.7 Å². The van der Waals surface area contributed by atoms with Crippen molar-refractivity contribution < 1.29 is 28.4 Å². The van der Waals surface area contributed by atoms with Crippen molar-refractivity contribution in [2.24, 2.45) is 0 Å². The molecule has 26 heavy (non-hydrogen) atoms. The van der Waals surface area contributed by atoms with Gasteiger partial charge in [0.15, 0.2) is 12.4 Å². The van der Waals surface area contributed by atoms with Gasteiger partial charge in [0, 0.05) is 6.07 Å². The molecule has 1 N–H and O–H groups in total. The first-order chi connectivity index (χ1) is 12.6. The Labute approximate surface area is 151 Å². The summed E-state index contributed by atoms with van der Waals surface area (Å²) in [6.07, 6.45) is 3.23. The molecule has 1 aromatic carbocycles. The van der Waals surface area contributed by atoms with Crippen LogP contribution in [0.5, 0.6) is 0 Å². The van der Waals surface area contributed by atoms with Gasteiger partial charge >= 0.3 is 11.9 Å². The molecule has 1 amide bonds. The zero-order chi connectivity index (χ0) is 18.8. The summed E-state index contributed by atoms with van der Waals surface area (Å²) in [5.41, 5.74) is 0.855. The van der Waals surface area contributed by atoms with Gasteiger partial charge in [-0.3, -0.25) is 4.79 Å². The van der Waals surface area contributed by atoms with Crippen LogP contribution in [0.3, 0.4) is 0 Å². The van der Waals surface area contributed by atoms with Crippen LogP contribution < -0.4 is 9.88 Å². The fourth-order valence-electron chi connectivity index (χ4n) is 2.18. The lowest BCUT2D eigenvalue weighted by Gasteiger charge is -2.06. The molecule has 0 radical (unpaired) electrons. The molecule has 7 heteroatoms. The minimum absolute atomic E-state index is 0.0314. The largest absolute Gasteiger partial charge is 0.461 e. The summed E-state index contributed by atoms with van der Waals surface area (Å²) < 4.78 is 11.5. The van der Waals surface area contributed by atoms with Crippen molar-refractivity contribution in [3.63, 3.8) is 0 Å². The van der Waals surface area contributed by atoms with Crippen molar-refractivity contribution in [3.8, 4) is 0 Å². The van der Waals surface area contributed by atoms with E-state index >= 15 is 0 Å². The van der Waals surface area contributed by atoms with Crippen LogP contribution in [-0.4, -0.2) is 37.6 Å². The topological polar surface area (TPSA) is 85.6 Å². The maximum absolute atomic E-state index is 12.1. The molecule has 2 rings (SSSR count). The lowest BCUT2D eigenvalue weighted by Crippen LogP contribution is -2.39. The highest BCUT2D eigenvalue weighted by Crippen LogP contribution is 2.00. The molecule has 0 atom stereocenters. The van der Waals surface area contributed by atoms with Crippen molar-refractivity contribution in [2.75, 3.05) is 19.8 Å². The molecule has 0 aliphatic carbocycles. The fraction of sp³-hybridized carbons (Fsp3) is 0.263. The average Bonchev–Trinajstić information content (AvgIpc) is 2.66. The Morgan fingerprint density at radius 1 is 1.00 bits per heavy atom. The first kappa shape index (κ1) is 19.1. The lowest BCUT2D eigenvalue weighted by atomic mass is 10.2. The number of esters is 2. The molecule has 0 saturated carbocycles. The van der Waals surface area contributed by atoms with Crippen molar-refractivity contribution >= 4 is 17.8 Å². The van der Waals surface area contributed by atoms with Crippen LogP contribution >= 0.6 is 0 Å². The van der Waals surface area contributed by atoms with Gasteiger partial charge in [-0.2, -0.15) is 4.57 Å². The number of nitrogens with zero attached hydrogens (tertiary/aromatic N) is 1. The van der Waals surface area contributed by atoms with Crippen molar-refractivity contribution in [1.29, 1.82) is 0 Å². The highest BCUT2D eigenvalue weighted by molar-refractivity contribution is 5.93. The van der Waals surface area contributed by atoms with Crippen molar-refractivity contribution in [3.05, 3.63) is 66.0 Å². The Bertz CT molecular complexity index is 762. The number of carbonyl (C=O) groups is 3. The second-order valence-corrected chi connectivity index (χ2v) is 5.33. The third-order valence-electron chi connectivity index (χ3n) is 3.37. The summed E-state index contributed by atoms with van der Waals surface area (Å²) in [6.45, 7) is 2.32. The summed E-state index contributed by atoms with van der Waals surface area (Å²) in [5, 5.41) is 2.67. The SMILES string of the molecule is CCOC(=O)C[n+]1cccc(C(=O)NCCOC(=O)c2ccccc2)c1. The number of amides is 1. The van der Waals surface area contributed by atoms with Crippen molar-refractivity contribution in [1.82, 2.24) is 5.32 Å². The minimum atomic E-state index is -0.438. The smallest absolute Gasteiger partial charge is 0.372 e. The van der Waals surface area contributed by atoms with E-state index in [0.717, 1.165) is 0 Å². The van der Waals surface area contributed by atoms with E-state index in [1.807, 2.05) is 6.07 Å². The van der Waals surface area contributed by atoms with Crippen molar-refractivity contribution in [2.45, 2.75) is 13.5 Å². The van der Waals surface area contributed by atoms with E-state index in [4.69, 9.17) is 9.47 Å². The Kier molecular flexibility index (Phi) is 7.30. The van der Waals surface area contributed by atoms with Gasteiger partial charge in [-0.25, -0.2) is 9.59 Å². The van der Waals surface area contributed by atoms with Gasteiger partial charge in [-0.05, 0) is 25.1 Å². The van der Waals surface area contributed by atoms with Crippen LogP contribution in [0.15, 0.2) is 54.9 Å². The highest BCUT2D eigenvalue weighted by Gasteiger charge is 2.14. The van der Waals surface area contributed by atoms with E-state index in [1.54, 1.807) is 60.3 Å². The number of rotatable bonds is 8. The Morgan fingerprint density at radius 2 is 1.73 bits per heavy atom. The summed E-state index contributed by atoms with van der Waals surface area (Å²) in [7, 11) is 0. The number of pyridine rings is 1. The van der Waals surface area contributed by atoms with Gasteiger partial charge < -0.3 is 14.8 Å². The average molecular weight is 357 g/mol. The van der Waals surface area contributed by atoms with E-state index in [1.165, 1.54) is 0 Å². The molecule has 0 saturated heterocycles. The molecule has 2 aromatic rings. The van der Waals surface area contributed by atoms with Gasteiger partial charge in [-0.1, -0.05) is 18.2 Å². The molecule has 0 fully saturated rings. The molecule has 1 heterocycles. The van der Waals surface area contributed by atoms with E-state index in [9.17, 15) is 14.4 Å². The molecule has 0 aliphatic rings. The van der Waals surface area contributed by atoms with Crippen LogP contribution in [0, 0.1) is 0 Å². The van der Waals surface area contributed by atoms with Gasteiger partial charge in [0.25, 0.3) is 5.91 Å². The molecule has 136 valence electrons. The molecular weight excluding hydrogens is 336 g/mol. The van der Waals surface area contributed by atoms with E-state index < -0.39 is 5.97 Å². The van der Waals surface area contributed by atoms with Gasteiger partial charge in [-0.15, -0.1) is 0 Å². The minimum Gasteiger partial charge on any atom is -0.461 e. The number of aromatic nitrogens is 1. The quantitative estimate of drug-likeness (QED) is 0.435. The Hall–Kier alpha value is -3.22. The van der Waals surface area contributed by atoms with Crippen LogP contribution in [0.1, 0.15) is 27.6 Å².